The van der Waals surface area contributed by atoms with Crippen LogP contribution in [-0.4, -0.2) is 30.7 Å². The molecule has 1 rings (SSSR count). The minimum absolute atomic E-state index is 0.263. The third-order valence-corrected chi connectivity index (χ3v) is 3.84. The summed E-state index contributed by atoms with van der Waals surface area (Å²) in [6, 6.07) is 0. The van der Waals surface area contributed by atoms with Crippen LogP contribution in [0.15, 0.2) is 0 Å². The fourth-order valence-corrected chi connectivity index (χ4v) is 2.57. The average molecular weight is 256 g/mol. The zero-order chi connectivity index (χ0) is 13.4. The second-order valence-electron chi connectivity index (χ2n) is 5.46. The molecule has 0 bridgehead atoms. The van der Waals surface area contributed by atoms with E-state index in [0.29, 0.717) is 6.10 Å². The number of amides is 1. The zero-order valence-corrected chi connectivity index (χ0v) is 11.8. The van der Waals surface area contributed by atoms with Crippen LogP contribution in [0.1, 0.15) is 58.8 Å². The monoisotopic (exact) mass is 256 g/mol. The molecule has 0 aliphatic heterocycles. The maximum absolute atomic E-state index is 11.4. The Morgan fingerprint density at radius 1 is 1.39 bits per heavy atom. The van der Waals surface area contributed by atoms with E-state index >= 15 is 0 Å². The van der Waals surface area contributed by atoms with Gasteiger partial charge in [0.25, 0.3) is 0 Å². The van der Waals surface area contributed by atoms with Crippen LogP contribution >= 0.6 is 0 Å². The Kier molecular flexibility index (Phi) is 6.65. The van der Waals surface area contributed by atoms with Gasteiger partial charge in [0.05, 0.1) is 11.6 Å². The van der Waals surface area contributed by atoms with Crippen LogP contribution in [0.25, 0.3) is 0 Å². The first-order valence-corrected chi connectivity index (χ1v) is 7.25. The number of carbonyl (C=O) groups excluding carboxylic acids is 1. The molecule has 1 fully saturated rings. The van der Waals surface area contributed by atoms with E-state index in [9.17, 15) is 4.79 Å². The van der Waals surface area contributed by atoms with Crippen molar-refractivity contribution in [1.82, 2.24) is 5.32 Å². The second kappa shape index (κ2) is 7.74. The molecule has 0 spiro atoms. The number of hydrogen-bond donors (Lipinski definition) is 2. The number of ether oxygens (including phenoxy) is 1. The molecule has 1 atom stereocenters. The fraction of sp³-hybridized carbons (Fsp3) is 0.929. The topological polar surface area (TPSA) is 64.3 Å². The minimum atomic E-state index is -0.567. The minimum Gasteiger partial charge on any atom is -0.378 e. The van der Waals surface area contributed by atoms with Crippen LogP contribution < -0.4 is 11.1 Å². The van der Waals surface area contributed by atoms with Crippen LogP contribution in [0.4, 0.5) is 0 Å². The summed E-state index contributed by atoms with van der Waals surface area (Å²) in [7, 11) is 0. The van der Waals surface area contributed by atoms with E-state index in [2.05, 4.69) is 5.32 Å². The number of likely N-dealkylation sites (N-methyl/N-ethyl adjacent to an activating group) is 1. The summed E-state index contributed by atoms with van der Waals surface area (Å²) in [6.45, 7) is 5.45. The number of primary amides is 1. The Morgan fingerprint density at radius 3 is 2.61 bits per heavy atom. The molecular formula is C14H28N2O2. The Morgan fingerprint density at radius 2 is 2.06 bits per heavy atom. The summed E-state index contributed by atoms with van der Waals surface area (Å²) in [6.07, 6.45) is 8.30. The number of nitrogens with two attached hydrogens (primary N) is 1. The lowest BCUT2D eigenvalue weighted by atomic mass is 9.94. The van der Waals surface area contributed by atoms with Gasteiger partial charge in [0.1, 0.15) is 0 Å². The zero-order valence-electron chi connectivity index (χ0n) is 11.8. The lowest BCUT2D eigenvalue weighted by Gasteiger charge is -2.27. The molecule has 0 radical (unpaired) electrons. The third-order valence-electron chi connectivity index (χ3n) is 3.84. The van der Waals surface area contributed by atoms with Crippen LogP contribution in [0.5, 0.6) is 0 Å². The average Bonchev–Trinajstić information content (AvgIpc) is 2.81. The molecule has 1 amide bonds. The Bertz CT molecular complexity index is 252. The van der Waals surface area contributed by atoms with Crippen LogP contribution in [0.2, 0.25) is 0 Å². The predicted octanol–water partition coefficient (Wildman–Crippen LogP) is 1.97. The van der Waals surface area contributed by atoms with E-state index < -0.39 is 5.54 Å². The van der Waals surface area contributed by atoms with Gasteiger partial charge in [-0.15, -0.1) is 0 Å². The van der Waals surface area contributed by atoms with Crippen LogP contribution in [-0.2, 0) is 9.53 Å². The largest absolute Gasteiger partial charge is 0.378 e. The molecule has 0 heterocycles. The number of nitrogens with one attached hydrogen (secondary N) is 1. The van der Waals surface area contributed by atoms with E-state index in [0.717, 1.165) is 32.4 Å². The van der Waals surface area contributed by atoms with Crippen LogP contribution in [0.3, 0.4) is 0 Å². The summed E-state index contributed by atoms with van der Waals surface area (Å²) in [5.41, 5.74) is 4.87. The first kappa shape index (κ1) is 15.4. The van der Waals surface area contributed by atoms with Crippen LogP contribution in [0, 0.1) is 0 Å². The van der Waals surface area contributed by atoms with Crippen molar-refractivity contribution in [3.05, 3.63) is 0 Å². The smallest absolute Gasteiger partial charge is 0.237 e. The molecule has 1 aliphatic carbocycles. The van der Waals surface area contributed by atoms with E-state index in [1.807, 2.05) is 13.8 Å². The van der Waals surface area contributed by atoms with Gasteiger partial charge < -0.3 is 15.8 Å². The first-order chi connectivity index (χ1) is 8.58. The summed E-state index contributed by atoms with van der Waals surface area (Å²) < 4.78 is 5.80. The van der Waals surface area contributed by atoms with Gasteiger partial charge >= 0.3 is 0 Å². The number of rotatable bonds is 9. The fourth-order valence-electron chi connectivity index (χ4n) is 2.57. The van der Waals surface area contributed by atoms with Crippen molar-refractivity contribution < 1.29 is 9.53 Å². The Labute approximate surface area is 111 Å². The maximum atomic E-state index is 11.4. The molecule has 1 saturated carbocycles. The van der Waals surface area contributed by atoms with Gasteiger partial charge in [0, 0.05) is 6.61 Å². The highest BCUT2D eigenvalue weighted by atomic mass is 16.5. The molecule has 3 N–H and O–H groups in total. The number of unbranched alkanes of at least 4 members (excludes halogenated alkanes) is 1. The highest BCUT2D eigenvalue weighted by molar-refractivity contribution is 5.84. The number of hydrogen-bond acceptors (Lipinski definition) is 3. The van der Waals surface area contributed by atoms with Gasteiger partial charge in [-0.25, -0.2) is 0 Å². The van der Waals surface area contributed by atoms with Gasteiger partial charge in [-0.1, -0.05) is 19.8 Å². The summed E-state index contributed by atoms with van der Waals surface area (Å²) >= 11 is 0. The van der Waals surface area contributed by atoms with E-state index in [-0.39, 0.29) is 5.91 Å². The molecule has 4 nitrogen and oxygen atoms in total. The van der Waals surface area contributed by atoms with Crippen molar-refractivity contribution in [3.63, 3.8) is 0 Å². The van der Waals surface area contributed by atoms with Gasteiger partial charge in [-0.05, 0) is 45.6 Å². The molecule has 4 heteroatoms. The maximum Gasteiger partial charge on any atom is 0.237 e. The van der Waals surface area contributed by atoms with Crippen molar-refractivity contribution in [3.8, 4) is 0 Å². The van der Waals surface area contributed by atoms with Crippen molar-refractivity contribution in [2.24, 2.45) is 5.73 Å². The van der Waals surface area contributed by atoms with Gasteiger partial charge in [-0.3, -0.25) is 4.79 Å². The molecule has 106 valence electrons. The van der Waals surface area contributed by atoms with E-state index in [1.165, 1.54) is 25.7 Å². The van der Waals surface area contributed by atoms with Crippen molar-refractivity contribution in [1.29, 1.82) is 0 Å². The normalized spacial score (nSPS) is 19.9. The quantitative estimate of drug-likeness (QED) is 0.620. The molecule has 0 aromatic heterocycles. The lowest BCUT2D eigenvalue weighted by molar-refractivity contribution is -0.124. The van der Waals surface area contributed by atoms with E-state index in [4.69, 9.17) is 10.5 Å². The van der Waals surface area contributed by atoms with Gasteiger partial charge in [0.15, 0.2) is 0 Å². The van der Waals surface area contributed by atoms with Gasteiger partial charge in [0.2, 0.25) is 5.91 Å². The summed E-state index contributed by atoms with van der Waals surface area (Å²) in [4.78, 5) is 11.4. The molecular weight excluding hydrogens is 228 g/mol. The van der Waals surface area contributed by atoms with Gasteiger partial charge in [-0.2, -0.15) is 0 Å². The molecule has 0 saturated heterocycles. The molecule has 0 aromatic carbocycles. The van der Waals surface area contributed by atoms with Crippen molar-refractivity contribution in [2.75, 3.05) is 13.2 Å². The second-order valence-corrected chi connectivity index (χ2v) is 5.46. The standard InChI is InChI=1S/C14H28N2O2/c1-3-16-14(2,13(15)17)10-6-7-11-18-12-8-4-5-9-12/h12,16H,3-11H2,1-2H3,(H2,15,17). The van der Waals surface area contributed by atoms with E-state index in [1.54, 1.807) is 0 Å². The Hall–Kier alpha value is -0.610. The first-order valence-electron chi connectivity index (χ1n) is 7.25. The third kappa shape index (κ3) is 4.94. The molecule has 0 aromatic rings. The molecule has 1 unspecified atom stereocenters. The highest BCUT2D eigenvalue weighted by Crippen LogP contribution is 2.21. The molecule has 1 aliphatic rings. The predicted molar refractivity (Wildman–Crippen MR) is 73.3 cm³/mol. The van der Waals surface area contributed by atoms with Crippen molar-refractivity contribution in [2.45, 2.75) is 70.4 Å². The summed E-state index contributed by atoms with van der Waals surface area (Å²) in [5, 5.41) is 3.18. The SMILES string of the molecule is CCNC(C)(CCCCOC1CCCC1)C(N)=O. The number of carbonyl (C=O) groups is 1. The molecule has 18 heavy (non-hydrogen) atoms. The highest BCUT2D eigenvalue weighted by Gasteiger charge is 2.28. The lowest BCUT2D eigenvalue weighted by Crippen LogP contribution is -2.52. The summed E-state index contributed by atoms with van der Waals surface area (Å²) in [5.74, 6) is -0.263. The van der Waals surface area contributed by atoms with Crippen molar-refractivity contribution >= 4 is 5.91 Å². The Balaban J connectivity index is 2.12.